The molecule has 1 fully saturated rings. The smallest absolute Gasteiger partial charge is 0.259 e. The Morgan fingerprint density at radius 2 is 1.50 bits per heavy atom. The maximum absolute atomic E-state index is 13.1. The van der Waals surface area contributed by atoms with Crippen LogP contribution in [0.2, 0.25) is 0 Å². The van der Waals surface area contributed by atoms with Crippen molar-refractivity contribution in [3.63, 3.8) is 0 Å². The summed E-state index contributed by atoms with van der Waals surface area (Å²) >= 11 is 0. The van der Waals surface area contributed by atoms with E-state index in [4.69, 9.17) is 5.73 Å². The third kappa shape index (κ3) is 1.55. The number of rotatable bonds is 0. The lowest BCUT2D eigenvalue weighted by atomic mass is 9.96. The van der Waals surface area contributed by atoms with Crippen molar-refractivity contribution in [3.8, 4) is 0 Å². The quantitative estimate of drug-likeness (QED) is 0.334. The number of aliphatic hydroxyl groups is 1. The molecule has 0 radical (unpaired) electrons. The number of benzene rings is 3. The van der Waals surface area contributed by atoms with Crippen LogP contribution in [0, 0.1) is 0 Å². The van der Waals surface area contributed by atoms with Crippen LogP contribution in [-0.2, 0) is 5.72 Å². The van der Waals surface area contributed by atoms with Crippen molar-refractivity contribution >= 4 is 55.4 Å². The van der Waals surface area contributed by atoms with E-state index in [-0.39, 0.29) is 11.9 Å². The van der Waals surface area contributed by atoms with Crippen LogP contribution in [0.3, 0.4) is 0 Å². The summed E-state index contributed by atoms with van der Waals surface area (Å²) < 4.78 is 4.16. The van der Waals surface area contributed by atoms with Crippen LogP contribution in [-0.4, -0.2) is 32.1 Å². The first-order valence-corrected chi connectivity index (χ1v) is 10.9. The molecule has 2 aliphatic heterocycles. The number of aromatic nitrogens is 2. The molecule has 2 bridgehead atoms. The summed E-state index contributed by atoms with van der Waals surface area (Å²) in [6.45, 7) is 0. The highest BCUT2D eigenvalue weighted by atomic mass is 16.3. The van der Waals surface area contributed by atoms with Gasteiger partial charge in [0, 0.05) is 27.1 Å². The Balaban J connectivity index is 1.83. The molecule has 7 nitrogen and oxygen atoms in total. The van der Waals surface area contributed by atoms with Crippen molar-refractivity contribution in [2.24, 2.45) is 5.73 Å². The number of nitrogens with two attached hydrogens (primary N) is 1. The van der Waals surface area contributed by atoms with Crippen LogP contribution in [0.1, 0.15) is 39.6 Å². The second kappa shape index (κ2) is 5.03. The van der Waals surface area contributed by atoms with Crippen LogP contribution >= 0.6 is 0 Å². The Bertz CT molecular complexity index is 1740. The van der Waals surface area contributed by atoms with E-state index in [1.165, 1.54) is 0 Å². The van der Waals surface area contributed by atoms with Gasteiger partial charge < -0.3 is 20.0 Å². The first kappa shape index (κ1) is 16.9. The Kier molecular flexibility index (Phi) is 2.67. The molecule has 3 aliphatic rings. The number of fused-ring (bicyclic) bond motifs is 13. The fraction of sp³-hybridized carbons (Fsp3) is 0.200. The van der Waals surface area contributed by atoms with Gasteiger partial charge in [-0.05, 0) is 25.0 Å². The Hall–Kier alpha value is -3.68. The number of hydrogen-bond acceptors (Lipinski definition) is 4. The van der Waals surface area contributed by atoms with Gasteiger partial charge in [-0.1, -0.05) is 36.4 Å². The summed E-state index contributed by atoms with van der Waals surface area (Å²) in [6, 6.07) is 15.0. The highest BCUT2D eigenvalue weighted by Gasteiger charge is 2.52. The number of imide groups is 1. The molecule has 7 heteroatoms. The van der Waals surface area contributed by atoms with E-state index in [9.17, 15) is 14.7 Å². The van der Waals surface area contributed by atoms with E-state index in [2.05, 4.69) is 9.88 Å². The van der Waals surface area contributed by atoms with Gasteiger partial charge in [0.15, 0.2) is 5.72 Å². The van der Waals surface area contributed by atoms with E-state index < -0.39 is 17.7 Å². The van der Waals surface area contributed by atoms with E-state index in [0.717, 1.165) is 44.6 Å². The zero-order valence-corrected chi connectivity index (χ0v) is 16.9. The van der Waals surface area contributed by atoms with Gasteiger partial charge in [0.05, 0.1) is 39.8 Å². The Morgan fingerprint density at radius 1 is 0.906 bits per heavy atom. The van der Waals surface area contributed by atoms with Crippen LogP contribution in [0.25, 0.3) is 43.6 Å². The third-order valence-corrected chi connectivity index (χ3v) is 7.92. The molecule has 156 valence electrons. The van der Waals surface area contributed by atoms with Crippen LogP contribution in [0.15, 0.2) is 48.5 Å². The molecule has 8 rings (SSSR count). The van der Waals surface area contributed by atoms with Crippen LogP contribution < -0.4 is 11.1 Å². The van der Waals surface area contributed by atoms with Crippen molar-refractivity contribution in [2.75, 3.05) is 0 Å². The number of carbonyl (C=O) groups excluding carboxylic acids is 2. The van der Waals surface area contributed by atoms with Crippen molar-refractivity contribution in [3.05, 3.63) is 59.7 Å². The molecule has 1 unspecified atom stereocenters. The predicted molar refractivity (Wildman–Crippen MR) is 121 cm³/mol. The number of carbonyl (C=O) groups is 2. The number of nitrogens with zero attached hydrogens (tertiary/aromatic N) is 2. The topological polar surface area (TPSA) is 102 Å². The van der Waals surface area contributed by atoms with E-state index in [1.54, 1.807) is 0 Å². The first-order valence-electron chi connectivity index (χ1n) is 10.9. The molecule has 32 heavy (non-hydrogen) atoms. The molecular weight excluding hydrogens is 404 g/mol. The minimum Gasteiger partial charge on any atom is -0.369 e. The van der Waals surface area contributed by atoms with Crippen molar-refractivity contribution < 1.29 is 14.7 Å². The van der Waals surface area contributed by atoms with Crippen LogP contribution in [0.4, 0.5) is 0 Å². The van der Waals surface area contributed by atoms with Gasteiger partial charge in [-0.2, -0.15) is 0 Å². The molecule has 0 spiro atoms. The zero-order valence-electron chi connectivity index (χ0n) is 16.9. The van der Waals surface area contributed by atoms with Gasteiger partial charge in [-0.25, -0.2) is 0 Å². The maximum Gasteiger partial charge on any atom is 0.259 e. The number of nitrogens with one attached hydrogen (secondary N) is 1. The fourth-order valence-corrected chi connectivity index (χ4v) is 6.71. The number of amides is 2. The number of hydrogen-bond donors (Lipinski definition) is 3. The molecule has 3 aromatic carbocycles. The lowest BCUT2D eigenvalue weighted by molar-refractivity contribution is -0.0400. The highest BCUT2D eigenvalue weighted by Crippen LogP contribution is 2.54. The Labute approximate surface area is 181 Å². The summed E-state index contributed by atoms with van der Waals surface area (Å²) in [4.78, 5) is 26.2. The third-order valence-electron chi connectivity index (χ3n) is 7.92. The average molecular weight is 422 g/mol. The summed E-state index contributed by atoms with van der Waals surface area (Å²) in [7, 11) is 0. The summed E-state index contributed by atoms with van der Waals surface area (Å²) in [5.41, 5.74) is 9.76. The molecule has 1 aliphatic carbocycles. The summed E-state index contributed by atoms with van der Waals surface area (Å²) in [6.07, 6.45) is 1.24. The van der Waals surface area contributed by atoms with E-state index in [0.29, 0.717) is 22.9 Å². The van der Waals surface area contributed by atoms with Gasteiger partial charge in [0.1, 0.15) is 0 Å². The highest BCUT2D eigenvalue weighted by molar-refractivity contribution is 6.39. The second-order valence-electron chi connectivity index (χ2n) is 9.23. The fourth-order valence-electron chi connectivity index (χ4n) is 6.71. The largest absolute Gasteiger partial charge is 0.369 e. The van der Waals surface area contributed by atoms with Gasteiger partial charge in [-0.3, -0.25) is 14.9 Å². The van der Waals surface area contributed by atoms with E-state index >= 15 is 0 Å². The molecule has 4 N–H and O–H groups in total. The van der Waals surface area contributed by atoms with Crippen molar-refractivity contribution in [2.45, 2.75) is 30.7 Å². The molecule has 2 aromatic heterocycles. The zero-order chi connectivity index (χ0) is 21.5. The molecule has 1 saturated carbocycles. The molecule has 5 aromatic rings. The minimum atomic E-state index is -1.29. The SMILES string of the molecule is N[C@@H]1C2CC[C@]1(O)n1c3ccccc3c3c4c(c5c6ccccc6n2c5c31)C(=O)NC4=O. The van der Waals surface area contributed by atoms with Crippen LogP contribution in [0.5, 0.6) is 0 Å². The maximum atomic E-state index is 13.1. The lowest BCUT2D eigenvalue weighted by Crippen LogP contribution is -2.47. The van der Waals surface area contributed by atoms with Gasteiger partial charge in [0.25, 0.3) is 11.8 Å². The van der Waals surface area contributed by atoms with Gasteiger partial charge in [-0.15, -0.1) is 0 Å². The summed E-state index contributed by atoms with van der Waals surface area (Å²) in [5.74, 6) is -0.763. The molecule has 3 atom stereocenters. The standard InChI is InChI=1S/C25H18N4O3/c26-22-15-9-10-25(22,32)29-14-8-4-2-6-12(14)17-19-18(23(30)27-24(19)31)16-11-5-1-3-7-13(11)28(15)20(16)21(17)29/h1-8,15,22,32H,9-10,26H2,(H,27,30,31)/t15?,22-,25-/m1/s1. The molecule has 2 amide bonds. The molecule has 0 saturated heterocycles. The second-order valence-corrected chi connectivity index (χ2v) is 9.23. The van der Waals surface area contributed by atoms with Gasteiger partial charge in [0.2, 0.25) is 0 Å². The van der Waals surface area contributed by atoms with E-state index in [1.807, 2.05) is 53.1 Å². The Morgan fingerprint density at radius 3 is 2.22 bits per heavy atom. The normalized spacial score (nSPS) is 26.1. The number of para-hydroxylation sites is 2. The minimum absolute atomic E-state index is 0.123. The van der Waals surface area contributed by atoms with Gasteiger partial charge >= 0.3 is 0 Å². The molecular formula is C25H18N4O3. The first-order chi connectivity index (χ1) is 15.5. The average Bonchev–Trinajstić information content (AvgIpc) is 3.46. The van der Waals surface area contributed by atoms with Crippen molar-refractivity contribution in [1.82, 2.24) is 14.5 Å². The molecule has 4 heterocycles. The van der Waals surface area contributed by atoms with Crippen molar-refractivity contribution in [1.29, 1.82) is 0 Å². The monoisotopic (exact) mass is 422 g/mol. The predicted octanol–water partition coefficient (Wildman–Crippen LogP) is 3.11. The lowest BCUT2D eigenvalue weighted by Gasteiger charge is -2.31. The summed E-state index contributed by atoms with van der Waals surface area (Å²) in [5, 5.41) is 17.8.